The lowest BCUT2D eigenvalue weighted by atomic mass is 9.62. The molecule has 2 aromatic rings. The van der Waals surface area contributed by atoms with E-state index in [0.717, 1.165) is 18.2 Å². The molecule has 0 radical (unpaired) electrons. The number of methoxy groups -OCH3 is 1. The summed E-state index contributed by atoms with van der Waals surface area (Å²) in [4.78, 5) is 27.2. The third-order valence-electron chi connectivity index (χ3n) is 7.92. The monoisotopic (exact) mass is 488 g/mol. The normalized spacial score (nSPS) is 21.9. The van der Waals surface area contributed by atoms with Gasteiger partial charge in [0, 0.05) is 44.6 Å². The average Bonchev–Trinajstić information content (AvgIpc) is 2.82. The molecule has 1 spiro atoms. The van der Waals surface area contributed by atoms with Gasteiger partial charge in [0.25, 0.3) is 11.5 Å². The van der Waals surface area contributed by atoms with Crippen LogP contribution in [0.1, 0.15) is 47.4 Å². The summed E-state index contributed by atoms with van der Waals surface area (Å²) in [5.41, 5.74) is -1.15. The first kappa shape index (κ1) is 25.2. The molecule has 2 fully saturated rings. The second-order valence-electron chi connectivity index (χ2n) is 9.78. The van der Waals surface area contributed by atoms with Gasteiger partial charge >= 0.3 is 6.18 Å². The zero-order valence-electron chi connectivity index (χ0n) is 20.2. The molecule has 0 saturated carbocycles. The predicted octanol–water partition coefficient (Wildman–Crippen LogP) is 4.62. The Morgan fingerprint density at radius 3 is 2.29 bits per heavy atom. The molecule has 2 amide bonds. The molecule has 8 heteroatoms. The highest BCUT2D eigenvalue weighted by atomic mass is 19.4. The number of aryl methyl sites for hydroxylation is 2. The number of carbonyl (C=O) groups is 2. The molecular weight excluding hydrogens is 457 g/mol. The van der Waals surface area contributed by atoms with Crippen molar-refractivity contribution in [1.82, 2.24) is 10.2 Å². The zero-order chi connectivity index (χ0) is 25.4. The van der Waals surface area contributed by atoms with Gasteiger partial charge in [0.15, 0.2) is 0 Å². The molecule has 2 aliphatic heterocycles. The molecule has 4 rings (SSSR count). The lowest BCUT2D eigenvalue weighted by Crippen LogP contribution is -2.60. The number of amides is 2. The molecule has 35 heavy (non-hydrogen) atoms. The van der Waals surface area contributed by atoms with Crippen molar-refractivity contribution in [1.29, 1.82) is 0 Å². The minimum atomic E-state index is -4.95. The van der Waals surface area contributed by atoms with E-state index in [1.165, 1.54) is 17.0 Å². The Bertz CT molecular complexity index is 1090. The van der Waals surface area contributed by atoms with Gasteiger partial charge in [-0.05, 0) is 48.8 Å². The van der Waals surface area contributed by atoms with Gasteiger partial charge in [-0.2, -0.15) is 13.2 Å². The number of piperidine rings is 2. The number of rotatable bonds is 4. The summed E-state index contributed by atoms with van der Waals surface area (Å²) in [6.07, 6.45) is -3.78. The Balaban J connectivity index is 1.64. The zero-order valence-corrected chi connectivity index (χ0v) is 20.2. The first-order chi connectivity index (χ1) is 16.5. The van der Waals surface area contributed by atoms with Crippen molar-refractivity contribution in [2.24, 2.45) is 5.41 Å². The summed E-state index contributed by atoms with van der Waals surface area (Å²) >= 11 is 0. The second-order valence-corrected chi connectivity index (χ2v) is 9.78. The number of carbonyl (C=O) groups excluding carboxylic acids is 2. The van der Waals surface area contributed by atoms with E-state index in [9.17, 15) is 22.8 Å². The van der Waals surface area contributed by atoms with E-state index in [1.807, 2.05) is 30.3 Å². The van der Waals surface area contributed by atoms with Crippen molar-refractivity contribution >= 4 is 11.8 Å². The highest BCUT2D eigenvalue weighted by Crippen LogP contribution is 2.50. The van der Waals surface area contributed by atoms with Crippen LogP contribution in [0.25, 0.3) is 0 Å². The maximum atomic E-state index is 14.6. The minimum Gasteiger partial charge on any atom is -0.356 e. The summed E-state index contributed by atoms with van der Waals surface area (Å²) < 4.78 is 48.7. The van der Waals surface area contributed by atoms with Crippen molar-refractivity contribution in [3.8, 4) is 0 Å². The average molecular weight is 489 g/mol. The van der Waals surface area contributed by atoms with E-state index in [2.05, 4.69) is 5.32 Å². The number of hydrogen-bond donors (Lipinski definition) is 1. The van der Waals surface area contributed by atoms with Crippen LogP contribution in [0.5, 0.6) is 0 Å². The van der Waals surface area contributed by atoms with Gasteiger partial charge in [-0.15, -0.1) is 0 Å². The van der Waals surface area contributed by atoms with E-state index in [-0.39, 0.29) is 30.5 Å². The Kier molecular flexibility index (Phi) is 6.70. The summed E-state index contributed by atoms with van der Waals surface area (Å²) in [7, 11) is 0.933. The molecule has 0 unspecified atom stereocenters. The molecule has 2 aliphatic rings. The third kappa shape index (κ3) is 4.33. The number of nitrogens with zero attached hydrogens (tertiary/aromatic N) is 1. The maximum Gasteiger partial charge on any atom is 0.430 e. The number of halogens is 3. The van der Waals surface area contributed by atoms with Crippen molar-refractivity contribution in [2.45, 2.75) is 50.8 Å². The SMILES string of the molecule is CO[C@@](C(=O)N1CCC2(CC1)CC(=O)NC[C@H]2c1ccccc1)(c1ccc(C)c(C)c1)C(F)(F)F. The van der Waals surface area contributed by atoms with Gasteiger partial charge in [0.1, 0.15) is 0 Å². The van der Waals surface area contributed by atoms with Crippen LogP contribution in [0.4, 0.5) is 13.2 Å². The smallest absolute Gasteiger partial charge is 0.356 e. The summed E-state index contributed by atoms with van der Waals surface area (Å²) in [5, 5.41) is 2.93. The molecule has 5 nitrogen and oxygen atoms in total. The van der Waals surface area contributed by atoms with Crippen LogP contribution in [-0.2, 0) is 19.9 Å². The molecule has 2 saturated heterocycles. The Labute approximate surface area is 203 Å². The van der Waals surface area contributed by atoms with Crippen LogP contribution >= 0.6 is 0 Å². The first-order valence-corrected chi connectivity index (χ1v) is 11.8. The van der Waals surface area contributed by atoms with Crippen LogP contribution in [0, 0.1) is 19.3 Å². The van der Waals surface area contributed by atoms with Crippen LogP contribution in [0.15, 0.2) is 48.5 Å². The maximum absolute atomic E-state index is 14.6. The summed E-state index contributed by atoms with van der Waals surface area (Å²) in [6.45, 7) is 4.24. The fourth-order valence-corrected chi connectivity index (χ4v) is 5.69. The van der Waals surface area contributed by atoms with Crippen molar-refractivity contribution in [3.63, 3.8) is 0 Å². The summed E-state index contributed by atoms with van der Waals surface area (Å²) in [5.74, 6) is -1.14. The van der Waals surface area contributed by atoms with Crippen molar-refractivity contribution in [3.05, 3.63) is 70.8 Å². The Morgan fingerprint density at radius 1 is 1.06 bits per heavy atom. The van der Waals surface area contributed by atoms with Gasteiger partial charge in [-0.3, -0.25) is 9.59 Å². The molecule has 2 aromatic carbocycles. The van der Waals surface area contributed by atoms with Crippen LogP contribution in [0.3, 0.4) is 0 Å². The lowest BCUT2D eigenvalue weighted by Gasteiger charge is -2.50. The Hall–Kier alpha value is -2.87. The quantitative estimate of drug-likeness (QED) is 0.683. The van der Waals surface area contributed by atoms with Gasteiger partial charge in [-0.25, -0.2) is 0 Å². The molecule has 0 bridgehead atoms. The lowest BCUT2D eigenvalue weighted by molar-refractivity contribution is -0.271. The van der Waals surface area contributed by atoms with Gasteiger partial charge in [0.05, 0.1) is 0 Å². The number of ether oxygens (including phenoxy) is 1. The molecule has 188 valence electrons. The van der Waals surface area contributed by atoms with Gasteiger partial charge < -0.3 is 15.0 Å². The molecule has 2 heterocycles. The fourth-order valence-electron chi connectivity index (χ4n) is 5.69. The van der Waals surface area contributed by atoms with E-state index in [4.69, 9.17) is 4.74 Å². The Morgan fingerprint density at radius 2 is 1.71 bits per heavy atom. The minimum absolute atomic E-state index is 0.0354. The van der Waals surface area contributed by atoms with Gasteiger partial charge in [-0.1, -0.05) is 48.5 Å². The fraction of sp³-hybridized carbons (Fsp3) is 0.481. The molecule has 0 aromatic heterocycles. The van der Waals surface area contributed by atoms with Crippen LogP contribution in [0.2, 0.25) is 0 Å². The molecule has 1 N–H and O–H groups in total. The largest absolute Gasteiger partial charge is 0.430 e. The number of alkyl halides is 3. The number of benzene rings is 2. The second kappa shape index (κ2) is 9.30. The highest BCUT2D eigenvalue weighted by molar-refractivity contribution is 5.88. The summed E-state index contributed by atoms with van der Waals surface area (Å²) in [6, 6.07) is 14.1. The molecule has 0 aliphatic carbocycles. The molecule has 2 atom stereocenters. The predicted molar refractivity (Wildman–Crippen MR) is 126 cm³/mol. The third-order valence-corrected chi connectivity index (χ3v) is 7.92. The standard InChI is InChI=1S/C27H31F3N2O3/c1-18-9-10-21(15-19(18)2)26(35-3,27(28,29)30)24(34)32-13-11-25(12-14-32)16-23(33)31-17-22(25)20-7-5-4-6-8-20/h4-10,15,22H,11-14,16-17H2,1-3H3,(H,31,33)/t22-,26+/m0/s1. The van der Waals surface area contributed by atoms with Crippen molar-refractivity contribution in [2.75, 3.05) is 26.7 Å². The van der Waals surface area contributed by atoms with E-state index >= 15 is 0 Å². The van der Waals surface area contributed by atoms with Crippen LogP contribution in [-0.4, -0.2) is 49.6 Å². The van der Waals surface area contributed by atoms with E-state index in [1.54, 1.807) is 19.9 Å². The van der Waals surface area contributed by atoms with E-state index in [0.29, 0.717) is 31.4 Å². The number of hydrogen-bond acceptors (Lipinski definition) is 3. The van der Waals surface area contributed by atoms with E-state index < -0.39 is 23.1 Å². The molecular formula is C27H31F3N2O3. The number of likely N-dealkylation sites (tertiary alicyclic amines) is 1. The number of nitrogens with one attached hydrogen (secondary N) is 1. The highest BCUT2D eigenvalue weighted by Gasteiger charge is 2.64. The topological polar surface area (TPSA) is 58.6 Å². The van der Waals surface area contributed by atoms with Gasteiger partial charge in [0.2, 0.25) is 5.91 Å². The first-order valence-electron chi connectivity index (χ1n) is 11.8. The van der Waals surface area contributed by atoms with Crippen LogP contribution < -0.4 is 5.32 Å². The van der Waals surface area contributed by atoms with Crippen molar-refractivity contribution < 1.29 is 27.5 Å².